The number of carboxylic acid groups (broad SMARTS) is 1. The van der Waals surface area contributed by atoms with Crippen molar-refractivity contribution in [1.29, 1.82) is 0 Å². The minimum atomic E-state index is -1.14. The summed E-state index contributed by atoms with van der Waals surface area (Å²) in [5, 5.41) is 14.7. The molecule has 0 amide bonds. The number of nitrogens with zero attached hydrogens (tertiary/aromatic N) is 2. The van der Waals surface area contributed by atoms with E-state index < -0.39 is 5.97 Å². The van der Waals surface area contributed by atoms with E-state index in [1.165, 1.54) is 0 Å². The van der Waals surface area contributed by atoms with Crippen LogP contribution in [0, 0.1) is 0 Å². The lowest BCUT2D eigenvalue weighted by molar-refractivity contribution is 0.0684. The van der Waals surface area contributed by atoms with E-state index in [-0.39, 0.29) is 5.82 Å². The van der Waals surface area contributed by atoms with Crippen molar-refractivity contribution in [2.45, 2.75) is 0 Å². The fourth-order valence-electron chi connectivity index (χ4n) is 1.12. The molecule has 0 fully saturated rings. The highest BCUT2D eigenvalue weighted by Gasteiger charge is 2.10. The minimum Gasteiger partial charge on any atom is -0.475 e. The van der Waals surface area contributed by atoms with Crippen LogP contribution in [0.2, 0.25) is 0 Å². The van der Waals surface area contributed by atoms with Crippen LogP contribution in [0.25, 0.3) is 11.4 Å². The first-order chi connectivity index (χ1) is 7.16. The lowest BCUT2D eigenvalue weighted by atomic mass is 10.2. The summed E-state index contributed by atoms with van der Waals surface area (Å²) in [6.07, 6.45) is 0. The van der Waals surface area contributed by atoms with Crippen LogP contribution in [0.4, 0.5) is 5.69 Å². The molecule has 0 saturated carbocycles. The molecule has 1 heterocycles. The Morgan fingerprint density at radius 1 is 1.33 bits per heavy atom. The number of H-pyrrole nitrogens is 1. The number of rotatable bonds is 2. The van der Waals surface area contributed by atoms with E-state index in [2.05, 4.69) is 15.2 Å². The van der Waals surface area contributed by atoms with Crippen molar-refractivity contribution in [3.63, 3.8) is 0 Å². The number of aromatic nitrogens is 3. The quantitative estimate of drug-likeness (QED) is 0.626. The maximum Gasteiger partial charge on any atom is 0.373 e. The molecule has 0 aliphatic carbocycles. The van der Waals surface area contributed by atoms with Crippen molar-refractivity contribution in [2.75, 3.05) is 5.73 Å². The van der Waals surface area contributed by atoms with Gasteiger partial charge in [0.15, 0.2) is 5.82 Å². The molecule has 6 heteroatoms. The van der Waals surface area contributed by atoms with Crippen LogP contribution < -0.4 is 5.73 Å². The summed E-state index contributed by atoms with van der Waals surface area (Å²) >= 11 is 0. The van der Waals surface area contributed by atoms with E-state index in [0.717, 1.165) is 0 Å². The summed E-state index contributed by atoms with van der Waals surface area (Å²) in [6, 6.07) is 6.85. The van der Waals surface area contributed by atoms with Crippen LogP contribution in [-0.2, 0) is 0 Å². The number of benzene rings is 1. The summed E-state index contributed by atoms with van der Waals surface area (Å²) in [5.41, 5.74) is 6.86. The van der Waals surface area contributed by atoms with Gasteiger partial charge < -0.3 is 10.8 Å². The molecule has 6 nitrogen and oxygen atoms in total. The molecule has 0 unspecified atom stereocenters. The molecular formula is C9H8N4O2. The molecule has 2 aromatic rings. The highest BCUT2D eigenvalue weighted by molar-refractivity contribution is 5.83. The fraction of sp³-hybridized carbons (Fsp3) is 0. The molecule has 0 aliphatic heterocycles. The average Bonchev–Trinajstić information content (AvgIpc) is 2.68. The lowest BCUT2D eigenvalue weighted by Gasteiger charge is -1.94. The van der Waals surface area contributed by atoms with Gasteiger partial charge in [-0.15, -0.1) is 0 Å². The molecule has 1 aromatic heterocycles. The smallest absolute Gasteiger partial charge is 0.373 e. The van der Waals surface area contributed by atoms with Gasteiger partial charge in [-0.05, 0) is 24.3 Å². The van der Waals surface area contributed by atoms with Crippen LogP contribution >= 0.6 is 0 Å². The Hall–Kier alpha value is -2.37. The zero-order chi connectivity index (χ0) is 10.8. The summed E-state index contributed by atoms with van der Waals surface area (Å²) in [4.78, 5) is 14.3. The summed E-state index contributed by atoms with van der Waals surface area (Å²) in [6.45, 7) is 0. The summed E-state index contributed by atoms with van der Waals surface area (Å²) in [5.74, 6) is -0.974. The van der Waals surface area contributed by atoms with Crippen LogP contribution in [0.15, 0.2) is 24.3 Å². The second kappa shape index (κ2) is 3.41. The number of nitrogen functional groups attached to an aromatic ring is 1. The SMILES string of the molecule is Nc1ccc(-c2n[nH]c(C(=O)O)n2)cc1. The second-order valence-corrected chi connectivity index (χ2v) is 2.93. The number of carboxylic acids is 1. The molecule has 0 radical (unpaired) electrons. The molecule has 2 rings (SSSR count). The van der Waals surface area contributed by atoms with Gasteiger partial charge in [-0.25, -0.2) is 9.78 Å². The van der Waals surface area contributed by atoms with Gasteiger partial charge in [0, 0.05) is 11.3 Å². The first kappa shape index (κ1) is 9.20. The van der Waals surface area contributed by atoms with Crippen LogP contribution in [0.5, 0.6) is 0 Å². The van der Waals surface area contributed by atoms with E-state index in [1.54, 1.807) is 24.3 Å². The predicted molar refractivity (Wildman–Crippen MR) is 53.2 cm³/mol. The molecule has 0 saturated heterocycles. The summed E-state index contributed by atoms with van der Waals surface area (Å²) in [7, 11) is 0. The normalized spacial score (nSPS) is 10.1. The van der Waals surface area contributed by atoms with Gasteiger partial charge in [-0.3, -0.25) is 5.10 Å². The van der Waals surface area contributed by atoms with Crippen molar-refractivity contribution < 1.29 is 9.90 Å². The third-order valence-corrected chi connectivity index (χ3v) is 1.86. The maximum absolute atomic E-state index is 10.5. The van der Waals surface area contributed by atoms with Crippen molar-refractivity contribution >= 4 is 11.7 Å². The van der Waals surface area contributed by atoms with Crippen LogP contribution in [-0.4, -0.2) is 26.3 Å². The van der Waals surface area contributed by atoms with Gasteiger partial charge in [-0.1, -0.05) is 0 Å². The molecule has 4 N–H and O–H groups in total. The number of anilines is 1. The monoisotopic (exact) mass is 204 g/mol. The van der Waals surface area contributed by atoms with E-state index >= 15 is 0 Å². The van der Waals surface area contributed by atoms with Crippen molar-refractivity contribution in [1.82, 2.24) is 15.2 Å². The van der Waals surface area contributed by atoms with Crippen molar-refractivity contribution in [2.24, 2.45) is 0 Å². The minimum absolute atomic E-state index is 0.179. The molecule has 15 heavy (non-hydrogen) atoms. The van der Waals surface area contributed by atoms with E-state index in [4.69, 9.17) is 10.8 Å². The highest BCUT2D eigenvalue weighted by Crippen LogP contribution is 2.15. The van der Waals surface area contributed by atoms with Gasteiger partial charge in [-0.2, -0.15) is 5.10 Å². The van der Waals surface area contributed by atoms with Crippen LogP contribution in [0.1, 0.15) is 10.6 Å². The van der Waals surface area contributed by atoms with Crippen molar-refractivity contribution in [3.8, 4) is 11.4 Å². The third kappa shape index (κ3) is 1.78. The number of hydrogen-bond donors (Lipinski definition) is 3. The van der Waals surface area contributed by atoms with Gasteiger partial charge in [0.2, 0.25) is 5.82 Å². The first-order valence-electron chi connectivity index (χ1n) is 4.18. The largest absolute Gasteiger partial charge is 0.475 e. The first-order valence-corrected chi connectivity index (χ1v) is 4.18. The third-order valence-electron chi connectivity index (χ3n) is 1.86. The second-order valence-electron chi connectivity index (χ2n) is 2.93. The van der Waals surface area contributed by atoms with Gasteiger partial charge in [0.1, 0.15) is 0 Å². The average molecular weight is 204 g/mol. The number of nitrogens with one attached hydrogen (secondary N) is 1. The zero-order valence-corrected chi connectivity index (χ0v) is 7.64. The molecule has 76 valence electrons. The Labute approximate surface area is 84.8 Å². The Morgan fingerprint density at radius 3 is 2.53 bits per heavy atom. The Morgan fingerprint density at radius 2 is 2.00 bits per heavy atom. The Balaban J connectivity index is 2.37. The zero-order valence-electron chi connectivity index (χ0n) is 7.64. The number of nitrogens with two attached hydrogens (primary N) is 1. The summed E-state index contributed by atoms with van der Waals surface area (Å²) < 4.78 is 0. The number of aromatic carboxylic acids is 1. The molecule has 0 atom stereocenters. The lowest BCUT2D eigenvalue weighted by Crippen LogP contribution is -1.98. The van der Waals surface area contributed by atoms with Gasteiger partial charge >= 0.3 is 5.97 Å². The number of hydrogen-bond acceptors (Lipinski definition) is 4. The van der Waals surface area contributed by atoms with Crippen molar-refractivity contribution in [3.05, 3.63) is 30.1 Å². The molecule has 0 spiro atoms. The van der Waals surface area contributed by atoms with E-state index in [9.17, 15) is 4.79 Å². The standard InChI is InChI=1S/C9H8N4O2/c10-6-3-1-5(2-4-6)7-11-8(9(14)15)13-12-7/h1-4H,10H2,(H,14,15)(H,11,12,13). The Kier molecular flexibility index (Phi) is 2.09. The maximum atomic E-state index is 10.5. The topological polar surface area (TPSA) is 105 Å². The van der Waals surface area contributed by atoms with Gasteiger partial charge in [0.05, 0.1) is 0 Å². The predicted octanol–water partition coefficient (Wildman–Crippen LogP) is 0.752. The number of aromatic amines is 1. The van der Waals surface area contributed by atoms with Crippen LogP contribution in [0.3, 0.4) is 0 Å². The number of carbonyl (C=O) groups is 1. The van der Waals surface area contributed by atoms with E-state index in [1.807, 2.05) is 0 Å². The molecule has 1 aromatic carbocycles. The fourth-order valence-corrected chi connectivity index (χ4v) is 1.12. The molecule has 0 bridgehead atoms. The Bertz CT molecular complexity index is 489. The van der Waals surface area contributed by atoms with Gasteiger partial charge in [0.25, 0.3) is 0 Å². The highest BCUT2D eigenvalue weighted by atomic mass is 16.4. The molecular weight excluding hydrogens is 196 g/mol. The molecule has 0 aliphatic rings. The van der Waals surface area contributed by atoms with E-state index in [0.29, 0.717) is 17.1 Å².